The number of esters is 3. The molecule has 0 radical (unpaired) electrons. The van der Waals surface area contributed by atoms with Crippen molar-refractivity contribution >= 4 is 17.9 Å². The van der Waals surface area contributed by atoms with Crippen LogP contribution in [-0.4, -0.2) is 37.2 Å². The fourth-order valence-electron chi connectivity index (χ4n) is 8.34. The van der Waals surface area contributed by atoms with Crippen LogP contribution < -0.4 is 0 Å². The molecule has 61 heavy (non-hydrogen) atoms. The number of ether oxygens (including phenoxy) is 3. The molecule has 0 fully saturated rings. The van der Waals surface area contributed by atoms with Crippen LogP contribution in [0.2, 0.25) is 0 Å². The Hall–Kier alpha value is -1.59. The van der Waals surface area contributed by atoms with E-state index < -0.39 is 6.10 Å². The highest BCUT2D eigenvalue weighted by Crippen LogP contribution is 2.18. The fourth-order valence-corrected chi connectivity index (χ4v) is 8.34. The van der Waals surface area contributed by atoms with E-state index in [1.54, 1.807) is 0 Å². The average Bonchev–Trinajstić information content (AvgIpc) is 3.23. The van der Waals surface area contributed by atoms with Crippen LogP contribution in [0.1, 0.15) is 304 Å². The molecule has 1 atom stereocenters. The summed E-state index contributed by atoms with van der Waals surface area (Å²) in [5.41, 5.74) is 0. The van der Waals surface area contributed by atoms with Crippen molar-refractivity contribution < 1.29 is 28.6 Å². The normalized spacial score (nSPS) is 12.0. The van der Waals surface area contributed by atoms with Crippen LogP contribution in [0.25, 0.3) is 0 Å². The summed E-state index contributed by atoms with van der Waals surface area (Å²) in [5.74, 6) is 0.778. The summed E-state index contributed by atoms with van der Waals surface area (Å²) in [6.45, 7) is 11.4. The average molecular weight is 863 g/mol. The Morgan fingerprint density at radius 2 is 0.541 bits per heavy atom. The third-order valence-electron chi connectivity index (χ3n) is 12.5. The first-order chi connectivity index (χ1) is 29.7. The summed E-state index contributed by atoms with van der Waals surface area (Å²) in [5, 5.41) is 0. The van der Waals surface area contributed by atoms with Gasteiger partial charge in [-0.2, -0.15) is 0 Å². The van der Waals surface area contributed by atoms with Crippen molar-refractivity contribution in [2.45, 2.75) is 310 Å². The predicted molar refractivity (Wildman–Crippen MR) is 261 cm³/mol. The number of unbranched alkanes of at least 4 members (excludes halogenated alkanes) is 34. The molecule has 0 amide bonds. The van der Waals surface area contributed by atoms with Gasteiger partial charge < -0.3 is 14.2 Å². The van der Waals surface area contributed by atoms with Gasteiger partial charge >= 0.3 is 17.9 Å². The van der Waals surface area contributed by atoms with Crippen molar-refractivity contribution in [2.75, 3.05) is 13.2 Å². The quantitative estimate of drug-likeness (QED) is 0.0344. The van der Waals surface area contributed by atoms with E-state index >= 15 is 0 Å². The van der Waals surface area contributed by atoms with E-state index in [0.717, 1.165) is 69.6 Å². The second-order valence-electron chi connectivity index (χ2n) is 19.8. The Bertz CT molecular complexity index is 931. The number of carbonyl (C=O) groups is 3. The summed E-state index contributed by atoms with van der Waals surface area (Å²) in [7, 11) is 0. The zero-order valence-corrected chi connectivity index (χ0v) is 41.8. The van der Waals surface area contributed by atoms with Crippen LogP contribution in [0.3, 0.4) is 0 Å². The van der Waals surface area contributed by atoms with Crippen molar-refractivity contribution in [3.63, 3.8) is 0 Å². The van der Waals surface area contributed by atoms with Crippen molar-refractivity contribution in [1.82, 2.24) is 0 Å². The first-order valence-electron chi connectivity index (χ1n) is 27.2. The molecule has 0 aromatic carbocycles. The summed E-state index contributed by atoms with van der Waals surface area (Å²) in [6, 6.07) is 0. The van der Waals surface area contributed by atoms with Crippen LogP contribution in [0, 0.1) is 11.8 Å². The van der Waals surface area contributed by atoms with E-state index in [2.05, 4.69) is 34.6 Å². The maximum absolute atomic E-state index is 12.8. The molecule has 6 nitrogen and oxygen atoms in total. The van der Waals surface area contributed by atoms with Crippen LogP contribution in [0.15, 0.2) is 0 Å². The topological polar surface area (TPSA) is 78.9 Å². The molecule has 362 valence electrons. The molecule has 0 spiro atoms. The Morgan fingerprint density at radius 1 is 0.311 bits per heavy atom. The van der Waals surface area contributed by atoms with E-state index in [0.29, 0.717) is 19.3 Å². The second kappa shape index (κ2) is 47.9. The van der Waals surface area contributed by atoms with Gasteiger partial charge in [0.1, 0.15) is 13.2 Å². The molecule has 0 aromatic heterocycles. The van der Waals surface area contributed by atoms with Crippen LogP contribution in [0.5, 0.6) is 0 Å². The van der Waals surface area contributed by atoms with Gasteiger partial charge in [0.05, 0.1) is 0 Å². The predicted octanol–water partition coefficient (Wildman–Crippen LogP) is 17.7. The van der Waals surface area contributed by atoms with Crippen molar-refractivity contribution in [2.24, 2.45) is 11.8 Å². The number of hydrogen-bond donors (Lipinski definition) is 0. The SMILES string of the molecule is CCCCCCCCCCCCCCCCCCCCC(=O)OC[C@H](COC(=O)CCCCCCCCCCCCC(C)C)OC(=O)CCCCCCCCCCCC(C)C. The first kappa shape index (κ1) is 59.4. The standard InChI is InChI=1S/C55H106O6/c1-6-7-8-9-10-11-12-13-14-15-16-17-18-19-25-30-35-40-45-53(56)59-48-52(61-55(58)47-42-37-32-27-22-24-29-34-39-44-51(4)5)49-60-54(57)46-41-36-31-26-21-20-23-28-33-38-43-50(2)3/h50-52H,6-49H2,1-5H3/t52-/m1/s1. The molecule has 0 aromatic rings. The molecule has 0 unspecified atom stereocenters. The summed E-state index contributed by atoms with van der Waals surface area (Å²) in [6.07, 6.45) is 49.5. The maximum Gasteiger partial charge on any atom is 0.306 e. The molecular weight excluding hydrogens is 757 g/mol. The largest absolute Gasteiger partial charge is 0.462 e. The Kier molecular flexibility index (Phi) is 46.6. The van der Waals surface area contributed by atoms with Crippen molar-refractivity contribution in [3.05, 3.63) is 0 Å². The highest BCUT2D eigenvalue weighted by Gasteiger charge is 2.19. The Morgan fingerprint density at radius 3 is 0.803 bits per heavy atom. The Labute approximate surface area is 380 Å². The van der Waals surface area contributed by atoms with E-state index in [4.69, 9.17) is 14.2 Å². The lowest BCUT2D eigenvalue weighted by molar-refractivity contribution is -0.167. The number of hydrogen-bond acceptors (Lipinski definition) is 6. The zero-order chi connectivity index (χ0) is 44.7. The minimum absolute atomic E-state index is 0.0637. The Balaban J connectivity index is 4.27. The molecule has 0 rings (SSSR count). The van der Waals surface area contributed by atoms with Crippen LogP contribution >= 0.6 is 0 Å². The second-order valence-corrected chi connectivity index (χ2v) is 19.8. The molecule has 0 aliphatic heterocycles. The lowest BCUT2D eigenvalue weighted by Crippen LogP contribution is -2.30. The lowest BCUT2D eigenvalue weighted by Gasteiger charge is -2.18. The van der Waals surface area contributed by atoms with Crippen molar-refractivity contribution in [3.8, 4) is 0 Å². The third kappa shape index (κ3) is 49.3. The van der Waals surface area contributed by atoms with Gasteiger partial charge in [-0.05, 0) is 31.1 Å². The maximum atomic E-state index is 12.8. The molecule has 0 heterocycles. The van der Waals surface area contributed by atoms with Gasteiger partial charge in [-0.15, -0.1) is 0 Å². The van der Waals surface area contributed by atoms with Gasteiger partial charge in [0.15, 0.2) is 6.10 Å². The zero-order valence-electron chi connectivity index (χ0n) is 41.8. The highest BCUT2D eigenvalue weighted by molar-refractivity contribution is 5.71. The highest BCUT2D eigenvalue weighted by atomic mass is 16.6. The number of rotatable bonds is 49. The third-order valence-corrected chi connectivity index (χ3v) is 12.5. The molecular formula is C55H106O6. The molecule has 0 saturated heterocycles. The van der Waals surface area contributed by atoms with Gasteiger partial charge in [-0.3, -0.25) is 14.4 Å². The molecule has 0 bridgehead atoms. The van der Waals surface area contributed by atoms with Gasteiger partial charge in [0, 0.05) is 19.3 Å². The minimum Gasteiger partial charge on any atom is -0.462 e. The summed E-state index contributed by atoms with van der Waals surface area (Å²) < 4.78 is 16.8. The summed E-state index contributed by atoms with van der Waals surface area (Å²) >= 11 is 0. The van der Waals surface area contributed by atoms with Gasteiger partial charge in [0.2, 0.25) is 0 Å². The molecule has 6 heteroatoms. The minimum atomic E-state index is -0.762. The monoisotopic (exact) mass is 863 g/mol. The smallest absolute Gasteiger partial charge is 0.306 e. The van der Waals surface area contributed by atoms with Crippen LogP contribution in [0.4, 0.5) is 0 Å². The molecule has 0 aliphatic rings. The summed E-state index contributed by atoms with van der Waals surface area (Å²) in [4.78, 5) is 38.0. The first-order valence-corrected chi connectivity index (χ1v) is 27.2. The molecule has 0 N–H and O–H groups in total. The van der Waals surface area contributed by atoms with Crippen LogP contribution in [-0.2, 0) is 28.6 Å². The van der Waals surface area contributed by atoms with Crippen molar-refractivity contribution in [1.29, 1.82) is 0 Å². The molecule has 0 aliphatic carbocycles. The molecule has 0 saturated carbocycles. The van der Waals surface area contributed by atoms with E-state index in [9.17, 15) is 14.4 Å². The van der Waals surface area contributed by atoms with E-state index in [1.807, 2.05) is 0 Å². The van der Waals surface area contributed by atoms with E-state index in [-0.39, 0.29) is 31.1 Å². The number of carbonyl (C=O) groups excluding carboxylic acids is 3. The van der Waals surface area contributed by atoms with Gasteiger partial charge in [-0.1, -0.05) is 266 Å². The van der Waals surface area contributed by atoms with E-state index in [1.165, 1.54) is 193 Å². The fraction of sp³-hybridized carbons (Fsp3) is 0.945. The lowest BCUT2D eigenvalue weighted by atomic mass is 10.0. The van der Waals surface area contributed by atoms with Gasteiger partial charge in [-0.25, -0.2) is 0 Å². The van der Waals surface area contributed by atoms with Gasteiger partial charge in [0.25, 0.3) is 0 Å².